The number of fused-ring (bicyclic) bond motifs is 1. The lowest BCUT2D eigenvalue weighted by Gasteiger charge is -2.13. The van der Waals surface area contributed by atoms with Gasteiger partial charge in [-0.25, -0.2) is 4.79 Å². The molecule has 0 radical (unpaired) electrons. The van der Waals surface area contributed by atoms with Crippen LogP contribution < -0.4 is 21.0 Å². The van der Waals surface area contributed by atoms with Gasteiger partial charge in [-0.15, -0.1) is 0 Å². The van der Waals surface area contributed by atoms with Crippen molar-refractivity contribution in [1.82, 2.24) is 5.32 Å². The molecule has 0 saturated heterocycles. The summed E-state index contributed by atoms with van der Waals surface area (Å²) in [5, 5.41) is 6.36. The highest BCUT2D eigenvalue weighted by molar-refractivity contribution is 7.80. The Bertz CT molecular complexity index is 1370. The van der Waals surface area contributed by atoms with Crippen LogP contribution in [0.3, 0.4) is 0 Å². The Morgan fingerprint density at radius 1 is 1.09 bits per heavy atom. The van der Waals surface area contributed by atoms with E-state index in [1.807, 2.05) is 12.1 Å². The van der Waals surface area contributed by atoms with Crippen LogP contribution in [0.1, 0.15) is 5.76 Å². The van der Waals surface area contributed by atoms with Gasteiger partial charge in [-0.3, -0.25) is 10.1 Å². The maximum Gasteiger partial charge on any atom is 0.344 e. The minimum atomic E-state index is -0.459. The predicted molar refractivity (Wildman–Crippen MR) is 127 cm³/mol. The fourth-order valence-corrected chi connectivity index (χ4v) is 3.30. The molecule has 4 aromatic rings. The molecule has 2 N–H and O–H groups in total. The minimum absolute atomic E-state index is 0.0695. The summed E-state index contributed by atoms with van der Waals surface area (Å²) in [6.45, 7) is 0. The van der Waals surface area contributed by atoms with E-state index in [0.29, 0.717) is 33.9 Å². The molecule has 0 aliphatic carbocycles. The van der Waals surface area contributed by atoms with Gasteiger partial charge in [0, 0.05) is 11.5 Å². The number of hydrogen-bond acceptors (Lipinski definition) is 6. The normalized spacial score (nSPS) is 10.9. The number of amides is 1. The topological polar surface area (TPSA) is 93.7 Å². The Kier molecular flexibility index (Phi) is 6.14. The predicted octanol–water partition coefficient (Wildman–Crippen LogP) is 4.59. The van der Waals surface area contributed by atoms with Crippen LogP contribution in [0.2, 0.25) is 0 Å². The highest BCUT2D eigenvalue weighted by atomic mass is 32.1. The molecule has 0 fully saturated rings. The molecule has 0 atom stereocenters. The number of methoxy groups -OCH3 is 1. The summed E-state index contributed by atoms with van der Waals surface area (Å²) in [7, 11) is 1.51. The lowest BCUT2D eigenvalue weighted by molar-refractivity contribution is -0.115. The van der Waals surface area contributed by atoms with Gasteiger partial charge in [0.15, 0.2) is 5.11 Å². The van der Waals surface area contributed by atoms with Crippen LogP contribution in [0.15, 0.2) is 86.6 Å². The Labute approximate surface area is 188 Å². The summed E-state index contributed by atoms with van der Waals surface area (Å²) < 4.78 is 15.9. The number of para-hydroxylation sites is 1. The lowest BCUT2D eigenvalue weighted by Crippen LogP contribution is -2.32. The third-order valence-electron chi connectivity index (χ3n) is 4.58. The summed E-state index contributed by atoms with van der Waals surface area (Å²) in [5.74, 6) is 0.605. The van der Waals surface area contributed by atoms with E-state index in [4.69, 9.17) is 25.8 Å². The Morgan fingerprint density at radius 3 is 2.72 bits per heavy atom. The van der Waals surface area contributed by atoms with E-state index >= 15 is 0 Å². The van der Waals surface area contributed by atoms with Gasteiger partial charge >= 0.3 is 5.63 Å². The molecule has 0 unspecified atom stereocenters. The number of carbonyl (C=O) groups excluding carboxylic acids is 1. The van der Waals surface area contributed by atoms with Crippen LogP contribution in [0.4, 0.5) is 5.69 Å². The van der Waals surface area contributed by atoms with Gasteiger partial charge in [0.05, 0.1) is 24.6 Å². The molecule has 2 heterocycles. The lowest BCUT2D eigenvalue weighted by atomic mass is 10.0. The largest absolute Gasteiger partial charge is 0.495 e. The molecule has 32 heavy (non-hydrogen) atoms. The second kappa shape index (κ2) is 9.32. The van der Waals surface area contributed by atoms with Crippen molar-refractivity contribution in [3.05, 3.63) is 89.2 Å². The maximum absolute atomic E-state index is 12.5. The fraction of sp³-hybridized carbons (Fsp3) is 0.0417. The average molecular weight is 446 g/mol. The average Bonchev–Trinajstić information content (AvgIpc) is 3.31. The van der Waals surface area contributed by atoms with Crippen molar-refractivity contribution >= 4 is 46.0 Å². The van der Waals surface area contributed by atoms with Gasteiger partial charge in [-0.2, -0.15) is 0 Å². The highest BCUT2D eigenvalue weighted by Crippen LogP contribution is 2.30. The van der Waals surface area contributed by atoms with Crippen LogP contribution in [0.5, 0.6) is 5.75 Å². The molecule has 0 aliphatic rings. The SMILES string of the molecule is COc1ccc(-c2cc3ccccc3oc2=O)cc1NC(=S)NC(=O)C=Cc1ccco1. The van der Waals surface area contributed by atoms with Crippen LogP contribution in [0.25, 0.3) is 28.2 Å². The number of nitrogens with one attached hydrogen (secondary N) is 2. The third-order valence-corrected chi connectivity index (χ3v) is 4.78. The number of thiocarbonyl (C=S) groups is 1. The summed E-state index contributed by atoms with van der Waals surface area (Å²) in [4.78, 5) is 24.6. The van der Waals surface area contributed by atoms with Gasteiger partial charge in [-0.1, -0.05) is 24.3 Å². The number of carbonyl (C=O) groups is 1. The second-order valence-electron chi connectivity index (χ2n) is 6.69. The first-order valence-electron chi connectivity index (χ1n) is 9.58. The van der Waals surface area contributed by atoms with Crippen molar-refractivity contribution in [3.8, 4) is 16.9 Å². The molecule has 1 amide bonds. The Morgan fingerprint density at radius 2 is 1.94 bits per heavy atom. The van der Waals surface area contributed by atoms with E-state index in [2.05, 4.69) is 10.6 Å². The molecular formula is C24H18N2O5S. The number of anilines is 1. The smallest absolute Gasteiger partial charge is 0.344 e. The minimum Gasteiger partial charge on any atom is -0.495 e. The van der Waals surface area contributed by atoms with E-state index in [9.17, 15) is 9.59 Å². The zero-order valence-corrected chi connectivity index (χ0v) is 17.8. The van der Waals surface area contributed by atoms with E-state index < -0.39 is 11.5 Å². The molecule has 0 aliphatic heterocycles. The van der Waals surface area contributed by atoms with Crippen LogP contribution >= 0.6 is 12.2 Å². The second-order valence-corrected chi connectivity index (χ2v) is 7.10. The summed E-state index contributed by atoms with van der Waals surface area (Å²) in [5.41, 5.74) is 1.54. The van der Waals surface area contributed by atoms with Crippen molar-refractivity contribution in [2.75, 3.05) is 12.4 Å². The number of furan rings is 1. The molecule has 2 aromatic heterocycles. The molecule has 160 valence electrons. The first-order valence-corrected chi connectivity index (χ1v) is 9.99. The van der Waals surface area contributed by atoms with Crippen LogP contribution in [-0.4, -0.2) is 18.1 Å². The van der Waals surface area contributed by atoms with Gasteiger partial charge in [0.25, 0.3) is 0 Å². The van der Waals surface area contributed by atoms with Crippen molar-refractivity contribution < 1.29 is 18.4 Å². The molecule has 2 aromatic carbocycles. The van der Waals surface area contributed by atoms with Crippen molar-refractivity contribution in [1.29, 1.82) is 0 Å². The molecule has 4 rings (SSSR count). The number of hydrogen-bond donors (Lipinski definition) is 2. The summed E-state index contributed by atoms with van der Waals surface area (Å²) in [6, 6.07) is 17.6. The van der Waals surface area contributed by atoms with Gasteiger partial charge < -0.3 is 18.9 Å². The maximum atomic E-state index is 12.5. The Hall–Kier alpha value is -4.17. The summed E-state index contributed by atoms with van der Waals surface area (Å²) in [6.07, 6.45) is 4.35. The number of benzene rings is 2. The van der Waals surface area contributed by atoms with E-state index in [-0.39, 0.29) is 5.11 Å². The van der Waals surface area contributed by atoms with E-state index in [1.54, 1.807) is 48.5 Å². The van der Waals surface area contributed by atoms with Gasteiger partial charge in [-0.05, 0) is 60.3 Å². The van der Waals surface area contributed by atoms with Crippen molar-refractivity contribution in [3.63, 3.8) is 0 Å². The molecule has 8 heteroatoms. The van der Waals surface area contributed by atoms with Gasteiger partial charge in [0.1, 0.15) is 17.1 Å². The van der Waals surface area contributed by atoms with Crippen LogP contribution in [-0.2, 0) is 4.79 Å². The molecular weight excluding hydrogens is 428 g/mol. The first kappa shape index (κ1) is 21.1. The molecule has 0 bridgehead atoms. The highest BCUT2D eigenvalue weighted by Gasteiger charge is 2.13. The van der Waals surface area contributed by atoms with Crippen LogP contribution in [0, 0.1) is 0 Å². The standard InChI is InChI=1S/C24H18N2O5S/c1-29-21-10-8-15(18-13-16-5-2-3-7-20(16)31-23(18)28)14-19(21)25-24(32)26-22(27)11-9-17-6-4-12-30-17/h2-14H,1H3,(H2,25,26,27,32). The first-order chi connectivity index (χ1) is 15.5. The number of ether oxygens (including phenoxy) is 1. The zero-order valence-electron chi connectivity index (χ0n) is 17.0. The van der Waals surface area contributed by atoms with E-state index in [0.717, 1.165) is 5.39 Å². The number of rotatable bonds is 5. The monoisotopic (exact) mass is 446 g/mol. The zero-order chi connectivity index (χ0) is 22.5. The van der Waals surface area contributed by atoms with E-state index in [1.165, 1.54) is 25.5 Å². The van der Waals surface area contributed by atoms with Crippen molar-refractivity contribution in [2.45, 2.75) is 0 Å². The Balaban J connectivity index is 1.56. The molecule has 0 saturated carbocycles. The van der Waals surface area contributed by atoms with Crippen molar-refractivity contribution in [2.24, 2.45) is 0 Å². The fourth-order valence-electron chi connectivity index (χ4n) is 3.09. The van der Waals surface area contributed by atoms with Gasteiger partial charge in [0.2, 0.25) is 5.91 Å². The molecule has 0 spiro atoms. The summed E-state index contributed by atoms with van der Waals surface area (Å²) >= 11 is 5.25. The third kappa shape index (κ3) is 4.76. The quantitative estimate of drug-likeness (QED) is 0.263. The molecule has 7 nitrogen and oxygen atoms in total.